The summed E-state index contributed by atoms with van der Waals surface area (Å²) in [6.45, 7) is 8.63. The molecule has 0 radical (unpaired) electrons. The molecule has 0 amide bonds. The van der Waals surface area contributed by atoms with Gasteiger partial charge in [-0.15, -0.1) is 5.10 Å². The molecular formula is C19H31N8+. The Hall–Kier alpha value is -2.09. The van der Waals surface area contributed by atoms with E-state index < -0.39 is 0 Å². The lowest BCUT2D eigenvalue weighted by Gasteiger charge is -2.37. The predicted octanol–water partition coefficient (Wildman–Crippen LogP) is 1.07. The number of aromatic nitrogens is 6. The van der Waals surface area contributed by atoms with E-state index in [1.54, 1.807) is 4.90 Å². The van der Waals surface area contributed by atoms with Crippen LogP contribution in [-0.2, 0) is 0 Å². The lowest BCUT2D eigenvalue weighted by atomic mass is 9.94. The molecule has 0 bridgehead atoms. The SMILES string of the molecule is CC(C)[C@@H](c1nnnn1C1CCCCC1)[NH+]1CCN(c2ncccn2)CC1. The van der Waals surface area contributed by atoms with Gasteiger partial charge in [0.15, 0.2) is 6.04 Å². The highest BCUT2D eigenvalue weighted by Crippen LogP contribution is 2.30. The minimum absolute atomic E-state index is 0.334. The molecule has 1 saturated carbocycles. The van der Waals surface area contributed by atoms with Crippen molar-refractivity contribution in [1.82, 2.24) is 30.2 Å². The molecule has 1 N–H and O–H groups in total. The molecule has 2 fully saturated rings. The number of rotatable bonds is 5. The van der Waals surface area contributed by atoms with Crippen molar-refractivity contribution < 1.29 is 4.90 Å². The maximum absolute atomic E-state index is 4.51. The Morgan fingerprint density at radius 2 is 1.74 bits per heavy atom. The van der Waals surface area contributed by atoms with Crippen molar-refractivity contribution in [2.45, 2.75) is 58.0 Å². The summed E-state index contributed by atoms with van der Waals surface area (Å²) in [5, 5.41) is 13.0. The highest BCUT2D eigenvalue weighted by atomic mass is 15.6. The first-order valence-electron chi connectivity index (χ1n) is 10.4. The second-order valence-electron chi connectivity index (χ2n) is 8.19. The Kier molecular flexibility index (Phi) is 5.61. The van der Waals surface area contributed by atoms with E-state index in [9.17, 15) is 0 Å². The molecule has 1 aliphatic carbocycles. The molecular weight excluding hydrogens is 340 g/mol. The number of nitrogens with one attached hydrogen (secondary N) is 1. The van der Waals surface area contributed by atoms with Crippen molar-refractivity contribution in [2.24, 2.45) is 5.92 Å². The monoisotopic (exact) mass is 371 g/mol. The fraction of sp³-hybridized carbons (Fsp3) is 0.737. The van der Waals surface area contributed by atoms with Gasteiger partial charge in [-0.05, 0) is 29.3 Å². The fourth-order valence-electron chi connectivity index (χ4n) is 4.70. The minimum atomic E-state index is 0.334. The third-order valence-corrected chi connectivity index (χ3v) is 6.06. The molecule has 1 aliphatic heterocycles. The Balaban J connectivity index is 1.49. The van der Waals surface area contributed by atoms with Crippen LogP contribution in [0.4, 0.5) is 5.95 Å². The van der Waals surface area contributed by atoms with Gasteiger partial charge in [-0.3, -0.25) is 0 Å². The van der Waals surface area contributed by atoms with E-state index in [1.807, 2.05) is 18.5 Å². The van der Waals surface area contributed by atoms with Gasteiger partial charge >= 0.3 is 0 Å². The zero-order valence-electron chi connectivity index (χ0n) is 16.5. The zero-order valence-corrected chi connectivity index (χ0v) is 16.5. The van der Waals surface area contributed by atoms with Gasteiger partial charge < -0.3 is 9.80 Å². The summed E-state index contributed by atoms with van der Waals surface area (Å²) in [6.07, 6.45) is 9.97. The van der Waals surface area contributed by atoms with Crippen LogP contribution in [0.3, 0.4) is 0 Å². The van der Waals surface area contributed by atoms with E-state index in [0.717, 1.165) is 38.0 Å². The Morgan fingerprint density at radius 3 is 2.41 bits per heavy atom. The molecule has 2 aromatic rings. The Bertz CT molecular complexity index is 702. The summed E-state index contributed by atoms with van der Waals surface area (Å²) in [6, 6.07) is 2.68. The maximum Gasteiger partial charge on any atom is 0.225 e. The van der Waals surface area contributed by atoms with Gasteiger partial charge in [-0.1, -0.05) is 33.1 Å². The second kappa shape index (κ2) is 8.29. The molecule has 8 nitrogen and oxygen atoms in total. The average Bonchev–Trinajstić information content (AvgIpc) is 3.19. The highest BCUT2D eigenvalue weighted by molar-refractivity contribution is 5.28. The normalized spacial score (nSPS) is 20.9. The van der Waals surface area contributed by atoms with Gasteiger partial charge in [-0.25, -0.2) is 14.6 Å². The maximum atomic E-state index is 4.51. The number of hydrogen-bond donors (Lipinski definition) is 1. The molecule has 146 valence electrons. The van der Waals surface area contributed by atoms with Gasteiger partial charge in [-0.2, -0.15) is 0 Å². The van der Waals surface area contributed by atoms with E-state index in [2.05, 4.69) is 48.9 Å². The fourth-order valence-corrected chi connectivity index (χ4v) is 4.70. The van der Waals surface area contributed by atoms with E-state index in [4.69, 9.17) is 0 Å². The van der Waals surface area contributed by atoms with Crippen LogP contribution in [0.1, 0.15) is 63.9 Å². The first kappa shape index (κ1) is 18.3. The number of piperazine rings is 1. The molecule has 27 heavy (non-hydrogen) atoms. The zero-order chi connectivity index (χ0) is 18.6. The minimum Gasteiger partial charge on any atom is -0.330 e. The van der Waals surface area contributed by atoms with Crippen LogP contribution >= 0.6 is 0 Å². The van der Waals surface area contributed by atoms with Crippen molar-refractivity contribution >= 4 is 5.95 Å². The summed E-state index contributed by atoms with van der Waals surface area (Å²) in [7, 11) is 0. The molecule has 0 spiro atoms. The van der Waals surface area contributed by atoms with Crippen LogP contribution in [0.2, 0.25) is 0 Å². The van der Waals surface area contributed by atoms with Gasteiger partial charge in [0, 0.05) is 18.3 Å². The van der Waals surface area contributed by atoms with Crippen molar-refractivity contribution in [1.29, 1.82) is 0 Å². The third-order valence-electron chi connectivity index (χ3n) is 6.06. The van der Waals surface area contributed by atoms with Crippen molar-refractivity contribution in [3.63, 3.8) is 0 Å². The number of nitrogens with zero attached hydrogens (tertiary/aromatic N) is 7. The van der Waals surface area contributed by atoms with Crippen LogP contribution in [0.25, 0.3) is 0 Å². The van der Waals surface area contributed by atoms with Gasteiger partial charge in [0.05, 0.1) is 32.2 Å². The molecule has 3 heterocycles. The van der Waals surface area contributed by atoms with Gasteiger partial charge in [0.25, 0.3) is 0 Å². The average molecular weight is 372 g/mol. The van der Waals surface area contributed by atoms with E-state index in [-0.39, 0.29) is 0 Å². The van der Waals surface area contributed by atoms with Gasteiger partial charge in [0.2, 0.25) is 11.8 Å². The van der Waals surface area contributed by atoms with E-state index in [1.165, 1.54) is 32.1 Å². The molecule has 1 saturated heterocycles. The predicted molar refractivity (Wildman–Crippen MR) is 102 cm³/mol. The molecule has 8 heteroatoms. The van der Waals surface area contributed by atoms with E-state index in [0.29, 0.717) is 18.0 Å². The van der Waals surface area contributed by atoms with Gasteiger partial charge in [0.1, 0.15) is 0 Å². The summed E-state index contributed by atoms with van der Waals surface area (Å²) >= 11 is 0. The lowest BCUT2D eigenvalue weighted by molar-refractivity contribution is -0.937. The lowest BCUT2D eigenvalue weighted by Crippen LogP contribution is -3.15. The summed E-state index contributed by atoms with van der Waals surface area (Å²) in [4.78, 5) is 12.7. The number of tetrazole rings is 1. The van der Waals surface area contributed by atoms with Crippen molar-refractivity contribution in [3.05, 3.63) is 24.3 Å². The van der Waals surface area contributed by atoms with Crippen LogP contribution in [-0.4, -0.2) is 56.4 Å². The van der Waals surface area contributed by atoms with E-state index >= 15 is 0 Å². The third kappa shape index (κ3) is 3.95. The first-order valence-corrected chi connectivity index (χ1v) is 10.4. The molecule has 2 aromatic heterocycles. The van der Waals surface area contributed by atoms with Crippen LogP contribution in [0, 0.1) is 5.92 Å². The Labute approximate surface area is 161 Å². The standard InChI is InChI=1S/C19H30N8/c1-15(2)17(18-22-23-24-27(18)16-7-4-3-5-8-16)25-11-13-26(14-12-25)19-20-9-6-10-21-19/h6,9-10,15-17H,3-5,7-8,11-14H2,1-2H3/p+1/t17-/m0/s1. The molecule has 0 unspecified atom stereocenters. The van der Waals surface area contributed by atoms with Crippen molar-refractivity contribution in [3.8, 4) is 0 Å². The molecule has 4 rings (SSSR count). The highest BCUT2D eigenvalue weighted by Gasteiger charge is 2.36. The molecule has 1 atom stereocenters. The molecule has 0 aromatic carbocycles. The quantitative estimate of drug-likeness (QED) is 0.847. The van der Waals surface area contributed by atoms with Crippen LogP contribution in [0.15, 0.2) is 18.5 Å². The van der Waals surface area contributed by atoms with Crippen molar-refractivity contribution in [2.75, 3.05) is 31.1 Å². The first-order chi connectivity index (χ1) is 13.2. The topological polar surface area (TPSA) is 77.1 Å². The van der Waals surface area contributed by atoms with Crippen LogP contribution in [0.5, 0.6) is 0 Å². The smallest absolute Gasteiger partial charge is 0.225 e. The number of quaternary nitrogens is 1. The summed E-state index contributed by atoms with van der Waals surface area (Å²) < 4.78 is 2.16. The number of hydrogen-bond acceptors (Lipinski definition) is 6. The Morgan fingerprint density at radius 1 is 1.04 bits per heavy atom. The summed E-state index contributed by atoms with van der Waals surface area (Å²) in [5.41, 5.74) is 0. The second-order valence-corrected chi connectivity index (χ2v) is 8.19. The van der Waals surface area contributed by atoms with Crippen LogP contribution < -0.4 is 9.80 Å². The number of anilines is 1. The largest absolute Gasteiger partial charge is 0.330 e. The summed E-state index contributed by atoms with van der Waals surface area (Å²) in [5.74, 6) is 2.41. The molecule has 2 aliphatic rings.